The summed E-state index contributed by atoms with van der Waals surface area (Å²) in [6.07, 6.45) is 1.01. The maximum Gasteiger partial charge on any atom is 0.0701 e. The molecule has 0 aromatic carbocycles. The Morgan fingerprint density at radius 2 is 2.40 bits per heavy atom. The average Bonchev–Trinajstić information content (AvgIpc) is 2.31. The molecule has 56 valence electrons. The Balaban J connectivity index is 2.42. The molecule has 10 heavy (non-hydrogen) atoms. The first-order chi connectivity index (χ1) is 4.83. The minimum atomic E-state index is 0.840. The number of nitrogens with two attached hydrogens (primary N) is 1. The lowest BCUT2D eigenvalue weighted by Gasteiger charge is -1.93. The molecule has 0 aliphatic rings. The van der Waals surface area contributed by atoms with Crippen LogP contribution in [-0.4, -0.2) is 6.54 Å². The fourth-order valence-corrected chi connectivity index (χ4v) is 2.16. The van der Waals surface area contributed by atoms with Crippen molar-refractivity contribution in [1.29, 1.82) is 0 Å². The predicted molar refractivity (Wildman–Crippen MR) is 47.9 cm³/mol. The Hall–Kier alpha value is 0.1000. The van der Waals surface area contributed by atoms with Gasteiger partial charge in [-0.25, -0.2) is 0 Å². The van der Waals surface area contributed by atoms with Crippen LogP contribution in [0, 0.1) is 0 Å². The minimum absolute atomic E-state index is 0.840. The predicted octanol–water partition coefficient (Wildman–Crippen LogP) is 1.52. The van der Waals surface area contributed by atoms with Crippen LogP contribution < -0.4 is 11.3 Å². The molecule has 0 aliphatic carbocycles. The molecular formula is C6H9BrN2S. The summed E-state index contributed by atoms with van der Waals surface area (Å²) in [5.74, 6) is 5.13. The van der Waals surface area contributed by atoms with E-state index in [0.717, 1.165) is 13.0 Å². The average molecular weight is 221 g/mol. The highest BCUT2D eigenvalue weighted by Crippen LogP contribution is 2.21. The fraction of sp³-hybridized carbons (Fsp3) is 0.333. The summed E-state index contributed by atoms with van der Waals surface area (Å²) in [4.78, 5) is 1.35. The number of hydrazine groups is 1. The van der Waals surface area contributed by atoms with E-state index >= 15 is 0 Å². The van der Waals surface area contributed by atoms with Crippen molar-refractivity contribution in [3.63, 3.8) is 0 Å². The second kappa shape index (κ2) is 4.08. The summed E-state index contributed by atoms with van der Waals surface area (Å²) in [5.41, 5.74) is 2.62. The molecule has 0 radical (unpaired) electrons. The number of rotatable bonds is 3. The quantitative estimate of drug-likeness (QED) is 0.599. The molecule has 0 fully saturated rings. The SMILES string of the molecule is NNCCc1ccc(Br)s1. The third kappa shape index (κ3) is 2.38. The fourth-order valence-electron chi connectivity index (χ4n) is 0.681. The van der Waals surface area contributed by atoms with E-state index in [4.69, 9.17) is 5.84 Å². The Kier molecular flexibility index (Phi) is 3.34. The highest BCUT2D eigenvalue weighted by Gasteiger charge is 1.94. The normalized spacial score (nSPS) is 10.2. The zero-order valence-corrected chi connectivity index (χ0v) is 7.83. The second-order valence-corrected chi connectivity index (χ2v) is 4.46. The van der Waals surface area contributed by atoms with Crippen LogP contribution in [0.5, 0.6) is 0 Å². The summed E-state index contributed by atoms with van der Waals surface area (Å²) in [5, 5.41) is 0. The third-order valence-electron chi connectivity index (χ3n) is 1.14. The van der Waals surface area contributed by atoms with Crippen molar-refractivity contribution in [2.45, 2.75) is 6.42 Å². The molecule has 0 aliphatic heterocycles. The molecule has 1 heterocycles. The number of hydrogen-bond donors (Lipinski definition) is 2. The number of thiophene rings is 1. The zero-order chi connectivity index (χ0) is 7.40. The van der Waals surface area contributed by atoms with Crippen LogP contribution in [0.1, 0.15) is 4.88 Å². The van der Waals surface area contributed by atoms with E-state index < -0.39 is 0 Å². The van der Waals surface area contributed by atoms with E-state index in [2.05, 4.69) is 33.5 Å². The maximum absolute atomic E-state index is 5.13. The molecule has 0 atom stereocenters. The zero-order valence-electron chi connectivity index (χ0n) is 5.43. The molecule has 0 amide bonds. The number of nitrogens with one attached hydrogen (secondary N) is 1. The van der Waals surface area contributed by atoms with Gasteiger partial charge in [0.25, 0.3) is 0 Å². The van der Waals surface area contributed by atoms with Gasteiger partial charge in [-0.15, -0.1) is 11.3 Å². The van der Waals surface area contributed by atoms with Crippen molar-refractivity contribution in [2.75, 3.05) is 6.54 Å². The first-order valence-corrected chi connectivity index (χ1v) is 4.61. The van der Waals surface area contributed by atoms with Gasteiger partial charge in [-0.05, 0) is 34.5 Å². The van der Waals surface area contributed by atoms with Crippen molar-refractivity contribution in [1.82, 2.24) is 5.43 Å². The van der Waals surface area contributed by atoms with Crippen LogP contribution in [0.3, 0.4) is 0 Å². The van der Waals surface area contributed by atoms with Crippen molar-refractivity contribution in [2.24, 2.45) is 5.84 Å². The van der Waals surface area contributed by atoms with E-state index in [9.17, 15) is 0 Å². The molecule has 0 bridgehead atoms. The maximum atomic E-state index is 5.13. The van der Waals surface area contributed by atoms with Crippen LogP contribution in [-0.2, 0) is 6.42 Å². The lowest BCUT2D eigenvalue weighted by Crippen LogP contribution is -2.24. The monoisotopic (exact) mass is 220 g/mol. The van der Waals surface area contributed by atoms with E-state index in [1.165, 1.54) is 8.66 Å². The molecule has 1 aromatic heterocycles. The van der Waals surface area contributed by atoms with Crippen molar-refractivity contribution in [3.05, 3.63) is 20.8 Å². The topological polar surface area (TPSA) is 38.0 Å². The summed E-state index contributed by atoms with van der Waals surface area (Å²) in [6.45, 7) is 0.840. The van der Waals surface area contributed by atoms with Crippen LogP contribution in [0.15, 0.2) is 15.9 Å². The smallest absolute Gasteiger partial charge is 0.0701 e. The van der Waals surface area contributed by atoms with Crippen LogP contribution in [0.4, 0.5) is 0 Å². The lowest BCUT2D eigenvalue weighted by atomic mass is 10.3. The van der Waals surface area contributed by atoms with Gasteiger partial charge in [0.05, 0.1) is 3.79 Å². The van der Waals surface area contributed by atoms with Gasteiger partial charge < -0.3 is 0 Å². The molecule has 0 unspecified atom stereocenters. The highest BCUT2D eigenvalue weighted by molar-refractivity contribution is 9.11. The van der Waals surface area contributed by atoms with E-state index in [1.807, 2.05) is 0 Å². The molecule has 1 aromatic rings. The molecule has 2 nitrogen and oxygen atoms in total. The number of hydrogen-bond acceptors (Lipinski definition) is 3. The van der Waals surface area contributed by atoms with Gasteiger partial charge in [0, 0.05) is 11.4 Å². The van der Waals surface area contributed by atoms with E-state index in [1.54, 1.807) is 11.3 Å². The second-order valence-electron chi connectivity index (χ2n) is 1.91. The van der Waals surface area contributed by atoms with Crippen LogP contribution in [0.2, 0.25) is 0 Å². The molecule has 1 rings (SSSR count). The lowest BCUT2D eigenvalue weighted by molar-refractivity contribution is 0.733. The highest BCUT2D eigenvalue weighted by atomic mass is 79.9. The van der Waals surface area contributed by atoms with Crippen LogP contribution >= 0.6 is 27.3 Å². The van der Waals surface area contributed by atoms with E-state index in [0.29, 0.717) is 0 Å². The molecule has 0 spiro atoms. The summed E-state index contributed by atoms with van der Waals surface area (Å²) >= 11 is 5.14. The van der Waals surface area contributed by atoms with Gasteiger partial charge in [-0.1, -0.05) is 0 Å². The largest absolute Gasteiger partial charge is 0.271 e. The van der Waals surface area contributed by atoms with Gasteiger partial charge in [0.15, 0.2) is 0 Å². The van der Waals surface area contributed by atoms with Gasteiger partial charge in [0.2, 0.25) is 0 Å². The van der Waals surface area contributed by atoms with Gasteiger partial charge in [-0.3, -0.25) is 11.3 Å². The Morgan fingerprint density at radius 3 is 2.90 bits per heavy atom. The van der Waals surface area contributed by atoms with Gasteiger partial charge in [0.1, 0.15) is 0 Å². The first-order valence-electron chi connectivity index (χ1n) is 3.00. The van der Waals surface area contributed by atoms with Crippen molar-refractivity contribution < 1.29 is 0 Å². The Bertz CT molecular complexity index is 199. The molecule has 4 heteroatoms. The van der Waals surface area contributed by atoms with E-state index in [-0.39, 0.29) is 0 Å². The third-order valence-corrected chi connectivity index (χ3v) is 2.83. The summed E-state index contributed by atoms with van der Waals surface area (Å²) < 4.78 is 1.18. The standard InChI is InChI=1S/C6H9BrN2S/c7-6-2-1-5(10-6)3-4-9-8/h1-2,9H,3-4,8H2. The van der Waals surface area contributed by atoms with Gasteiger partial charge in [-0.2, -0.15) is 0 Å². The Labute approximate surface area is 72.5 Å². The number of halogens is 1. The van der Waals surface area contributed by atoms with Crippen molar-refractivity contribution in [3.8, 4) is 0 Å². The summed E-state index contributed by atoms with van der Waals surface area (Å²) in [7, 11) is 0. The Morgan fingerprint density at radius 1 is 1.60 bits per heavy atom. The first kappa shape index (κ1) is 8.20. The molecule has 0 saturated carbocycles. The molecule has 0 saturated heterocycles. The molecule has 3 N–H and O–H groups in total. The minimum Gasteiger partial charge on any atom is -0.271 e. The van der Waals surface area contributed by atoms with Gasteiger partial charge >= 0.3 is 0 Å². The van der Waals surface area contributed by atoms with Crippen molar-refractivity contribution >= 4 is 27.3 Å². The van der Waals surface area contributed by atoms with Crippen LogP contribution in [0.25, 0.3) is 0 Å². The molecular weight excluding hydrogens is 212 g/mol. The summed E-state index contributed by atoms with van der Waals surface area (Å²) in [6, 6.07) is 4.16.